The SMILES string of the molecule is CCOc1ccc(S(=O)(=O)N2CCS(=O)CC2)cc1CCl. The van der Waals surface area contributed by atoms with E-state index in [0.29, 0.717) is 42.5 Å². The highest BCUT2D eigenvalue weighted by atomic mass is 35.5. The van der Waals surface area contributed by atoms with Crippen LogP contribution in [0.3, 0.4) is 0 Å². The summed E-state index contributed by atoms with van der Waals surface area (Å²) in [5.74, 6) is 1.56. The molecule has 1 aliphatic heterocycles. The van der Waals surface area contributed by atoms with E-state index in [2.05, 4.69) is 0 Å². The van der Waals surface area contributed by atoms with Gasteiger partial charge in [-0.25, -0.2) is 8.42 Å². The van der Waals surface area contributed by atoms with Gasteiger partial charge in [0.1, 0.15) is 5.75 Å². The summed E-state index contributed by atoms with van der Waals surface area (Å²) in [6.45, 7) is 2.93. The lowest BCUT2D eigenvalue weighted by molar-refractivity contribution is 0.337. The first-order valence-electron chi connectivity index (χ1n) is 6.66. The average Bonchev–Trinajstić information content (AvgIpc) is 2.48. The van der Waals surface area contributed by atoms with E-state index in [-0.39, 0.29) is 10.8 Å². The number of benzene rings is 1. The minimum atomic E-state index is -3.57. The van der Waals surface area contributed by atoms with Crippen LogP contribution in [0, 0.1) is 0 Å². The van der Waals surface area contributed by atoms with Crippen LogP contribution in [0.25, 0.3) is 0 Å². The molecule has 0 bridgehead atoms. The fourth-order valence-corrected chi connectivity index (χ4v) is 5.11. The highest BCUT2D eigenvalue weighted by Gasteiger charge is 2.28. The molecular formula is C13H18ClNO4S2. The quantitative estimate of drug-likeness (QED) is 0.755. The van der Waals surface area contributed by atoms with E-state index in [0.717, 1.165) is 0 Å². The van der Waals surface area contributed by atoms with Crippen molar-refractivity contribution in [1.29, 1.82) is 0 Å². The Balaban J connectivity index is 2.29. The Morgan fingerprint density at radius 1 is 1.33 bits per heavy atom. The van der Waals surface area contributed by atoms with Gasteiger partial charge in [0.15, 0.2) is 0 Å². The minimum absolute atomic E-state index is 0.183. The molecule has 1 aromatic rings. The molecule has 1 aliphatic rings. The second-order valence-electron chi connectivity index (χ2n) is 4.59. The van der Waals surface area contributed by atoms with E-state index in [1.807, 2.05) is 6.92 Å². The van der Waals surface area contributed by atoms with Crippen LogP contribution in [0.1, 0.15) is 12.5 Å². The molecule has 5 nitrogen and oxygen atoms in total. The van der Waals surface area contributed by atoms with Crippen LogP contribution in [0.2, 0.25) is 0 Å². The molecule has 8 heteroatoms. The number of alkyl halides is 1. The summed E-state index contributed by atoms with van der Waals surface area (Å²) >= 11 is 5.87. The van der Waals surface area contributed by atoms with Crippen molar-refractivity contribution in [1.82, 2.24) is 4.31 Å². The van der Waals surface area contributed by atoms with Crippen molar-refractivity contribution < 1.29 is 17.4 Å². The molecule has 1 fully saturated rings. The lowest BCUT2D eigenvalue weighted by Gasteiger charge is -2.25. The van der Waals surface area contributed by atoms with Gasteiger partial charge in [-0.1, -0.05) is 0 Å². The summed E-state index contributed by atoms with van der Waals surface area (Å²) < 4.78 is 43.3. The fraction of sp³-hybridized carbons (Fsp3) is 0.538. The first kappa shape index (κ1) is 16.7. The number of hydrogen-bond acceptors (Lipinski definition) is 4. The van der Waals surface area contributed by atoms with Gasteiger partial charge in [-0.2, -0.15) is 4.31 Å². The molecule has 0 amide bonds. The molecule has 118 valence electrons. The molecule has 0 aliphatic carbocycles. The van der Waals surface area contributed by atoms with E-state index < -0.39 is 20.8 Å². The Hall–Kier alpha value is -0.630. The Kier molecular flexibility index (Phi) is 5.65. The van der Waals surface area contributed by atoms with Crippen LogP contribution in [0.15, 0.2) is 23.1 Å². The van der Waals surface area contributed by atoms with Gasteiger partial charge in [-0.15, -0.1) is 11.6 Å². The van der Waals surface area contributed by atoms with Crippen molar-refractivity contribution >= 4 is 32.4 Å². The molecule has 0 atom stereocenters. The predicted octanol–water partition coefficient (Wildman–Crippen LogP) is 1.58. The summed E-state index contributed by atoms with van der Waals surface area (Å²) in [5.41, 5.74) is 0.653. The Morgan fingerprint density at radius 2 is 2.00 bits per heavy atom. The maximum absolute atomic E-state index is 12.6. The van der Waals surface area contributed by atoms with Crippen LogP contribution in [-0.2, 0) is 26.7 Å². The highest BCUT2D eigenvalue weighted by Crippen LogP contribution is 2.26. The van der Waals surface area contributed by atoms with Gasteiger partial charge in [-0.05, 0) is 25.1 Å². The van der Waals surface area contributed by atoms with Crippen molar-refractivity contribution in [2.45, 2.75) is 17.7 Å². The normalized spacial score (nSPS) is 17.8. The van der Waals surface area contributed by atoms with Crippen molar-refractivity contribution in [3.05, 3.63) is 23.8 Å². The van der Waals surface area contributed by atoms with Crippen LogP contribution in [0.5, 0.6) is 5.75 Å². The molecule has 21 heavy (non-hydrogen) atoms. The van der Waals surface area contributed by atoms with Crippen molar-refractivity contribution in [3.8, 4) is 5.75 Å². The maximum Gasteiger partial charge on any atom is 0.243 e. The zero-order valence-electron chi connectivity index (χ0n) is 11.7. The zero-order chi connectivity index (χ0) is 15.5. The van der Waals surface area contributed by atoms with Crippen LogP contribution in [-0.4, -0.2) is 48.1 Å². The minimum Gasteiger partial charge on any atom is -0.494 e. The lowest BCUT2D eigenvalue weighted by Crippen LogP contribution is -2.41. The van der Waals surface area contributed by atoms with Gasteiger partial charge < -0.3 is 4.74 Å². The van der Waals surface area contributed by atoms with Crippen molar-refractivity contribution in [2.24, 2.45) is 0 Å². The Morgan fingerprint density at radius 3 is 2.57 bits per heavy atom. The molecule has 0 saturated carbocycles. The lowest BCUT2D eigenvalue weighted by atomic mass is 10.2. The standard InChI is InChI=1S/C13H18ClNO4S2/c1-2-19-13-4-3-12(9-11(13)10-14)21(17,18)15-5-7-20(16)8-6-15/h3-4,9H,2,5-8,10H2,1H3. The van der Waals surface area contributed by atoms with E-state index in [9.17, 15) is 12.6 Å². The largest absolute Gasteiger partial charge is 0.494 e. The Labute approximate surface area is 132 Å². The fourth-order valence-electron chi connectivity index (χ4n) is 2.13. The molecule has 2 rings (SSSR count). The number of rotatable bonds is 5. The molecule has 0 unspecified atom stereocenters. The van der Waals surface area contributed by atoms with E-state index >= 15 is 0 Å². The number of hydrogen-bond donors (Lipinski definition) is 0. The van der Waals surface area contributed by atoms with Crippen LogP contribution >= 0.6 is 11.6 Å². The third kappa shape index (κ3) is 3.77. The van der Waals surface area contributed by atoms with Crippen molar-refractivity contribution in [2.75, 3.05) is 31.2 Å². The Bertz CT molecular complexity index is 623. The number of nitrogens with zero attached hydrogens (tertiary/aromatic N) is 1. The summed E-state index contributed by atoms with van der Waals surface area (Å²) in [6.07, 6.45) is 0. The van der Waals surface area contributed by atoms with Crippen LogP contribution in [0.4, 0.5) is 0 Å². The highest BCUT2D eigenvalue weighted by molar-refractivity contribution is 7.89. The van der Waals surface area contributed by atoms with Gasteiger partial charge in [0, 0.05) is 41.0 Å². The smallest absolute Gasteiger partial charge is 0.243 e. The topological polar surface area (TPSA) is 63.7 Å². The molecule has 1 aromatic carbocycles. The number of halogens is 1. The van der Waals surface area contributed by atoms with Gasteiger partial charge in [-0.3, -0.25) is 4.21 Å². The van der Waals surface area contributed by atoms with Crippen LogP contribution < -0.4 is 4.74 Å². The molecule has 1 saturated heterocycles. The summed E-state index contributed by atoms with van der Waals surface area (Å²) in [6, 6.07) is 4.72. The maximum atomic E-state index is 12.6. The summed E-state index contributed by atoms with van der Waals surface area (Å²) in [4.78, 5) is 0.203. The molecular weight excluding hydrogens is 334 g/mol. The molecule has 0 N–H and O–H groups in total. The van der Waals surface area contributed by atoms with E-state index in [4.69, 9.17) is 16.3 Å². The molecule has 0 aromatic heterocycles. The first-order valence-corrected chi connectivity index (χ1v) is 10.1. The zero-order valence-corrected chi connectivity index (χ0v) is 14.1. The van der Waals surface area contributed by atoms with Gasteiger partial charge >= 0.3 is 0 Å². The average molecular weight is 352 g/mol. The van der Waals surface area contributed by atoms with Gasteiger partial charge in [0.25, 0.3) is 0 Å². The van der Waals surface area contributed by atoms with Gasteiger partial charge in [0.05, 0.1) is 17.4 Å². The van der Waals surface area contributed by atoms with E-state index in [1.54, 1.807) is 12.1 Å². The van der Waals surface area contributed by atoms with Crippen molar-refractivity contribution in [3.63, 3.8) is 0 Å². The first-order chi connectivity index (χ1) is 9.98. The number of ether oxygens (including phenoxy) is 1. The second kappa shape index (κ2) is 7.09. The second-order valence-corrected chi connectivity index (χ2v) is 8.49. The number of sulfonamides is 1. The molecule has 1 heterocycles. The summed E-state index contributed by atoms with van der Waals surface area (Å²) in [5, 5.41) is 0. The van der Waals surface area contributed by atoms with Gasteiger partial charge in [0.2, 0.25) is 10.0 Å². The molecule has 0 spiro atoms. The molecule has 0 radical (unpaired) electrons. The third-order valence-corrected chi connectivity index (χ3v) is 6.71. The summed E-state index contributed by atoms with van der Waals surface area (Å²) in [7, 11) is -4.48. The third-order valence-electron chi connectivity index (χ3n) is 3.25. The monoisotopic (exact) mass is 351 g/mol. The predicted molar refractivity (Wildman–Crippen MR) is 83.8 cm³/mol. The van der Waals surface area contributed by atoms with E-state index in [1.165, 1.54) is 10.4 Å².